The van der Waals surface area contributed by atoms with Crippen molar-refractivity contribution in [3.63, 3.8) is 0 Å². The number of nitrogens with one attached hydrogen (secondary N) is 1. The predicted octanol–water partition coefficient (Wildman–Crippen LogP) is 4.74. The molecule has 0 amide bonds. The summed E-state index contributed by atoms with van der Waals surface area (Å²) in [5.41, 5.74) is 1.98. The lowest BCUT2D eigenvalue weighted by atomic mass is 10.1. The van der Waals surface area contributed by atoms with Gasteiger partial charge in [-0.2, -0.15) is 0 Å². The van der Waals surface area contributed by atoms with Gasteiger partial charge in [-0.1, -0.05) is 30.1 Å². The second-order valence-electron chi connectivity index (χ2n) is 5.94. The van der Waals surface area contributed by atoms with Crippen molar-refractivity contribution in [2.45, 2.75) is 26.3 Å². The Bertz CT molecular complexity index is 701. The van der Waals surface area contributed by atoms with E-state index in [0.717, 1.165) is 28.9 Å². The number of benzene rings is 1. The van der Waals surface area contributed by atoms with Crippen molar-refractivity contribution in [1.29, 1.82) is 0 Å². The fraction of sp³-hybridized carbons (Fsp3) is 0.533. The maximum atomic E-state index is 6.14. The fourth-order valence-corrected chi connectivity index (χ4v) is 3.71. The van der Waals surface area contributed by atoms with Crippen LogP contribution in [0, 0.1) is 10.7 Å². The molecule has 3 rings (SSSR count). The van der Waals surface area contributed by atoms with Gasteiger partial charge in [0.25, 0.3) is 0 Å². The minimum Gasteiger partial charge on any atom is -0.331 e. The van der Waals surface area contributed by atoms with E-state index in [1.807, 2.05) is 12.1 Å². The van der Waals surface area contributed by atoms with Crippen LogP contribution >= 0.6 is 35.4 Å². The predicted molar refractivity (Wildman–Crippen MR) is 92.0 cm³/mol. The van der Waals surface area contributed by atoms with Crippen LogP contribution in [0.1, 0.15) is 19.8 Å². The average Bonchev–Trinajstić information content (AvgIpc) is 3.01. The van der Waals surface area contributed by atoms with E-state index in [2.05, 4.69) is 21.4 Å². The number of fused-ring (bicyclic) bond motifs is 1. The minimum absolute atomic E-state index is 0.545. The van der Waals surface area contributed by atoms with Crippen LogP contribution in [-0.2, 0) is 6.54 Å². The molecule has 1 fully saturated rings. The summed E-state index contributed by atoms with van der Waals surface area (Å²) < 4.78 is 2.87. The summed E-state index contributed by atoms with van der Waals surface area (Å²) in [5, 5.41) is 1.12. The highest BCUT2D eigenvalue weighted by molar-refractivity contribution is 7.71. The molecule has 114 valence electrons. The van der Waals surface area contributed by atoms with Crippen molar-refractivity contribution in [1.82, 2.24) is 14.5 Å². The number of aromatic nitrogens is 2. The number of hydrogen-bond donors (Lipinski definition) is 1. The zero-order chi connectivity index (χ0) is 15.0. The van der Waals surface area contributed by atoms with Crippen molar-refractivity contribution in [3.05, 3.63) is 26.9 Å². The van der Waals surface area contributed by atoms with Crippen LogP contribution < -0.4 is 0 Å². The van der Waals surface area contributed by atoms with Gasteiger partial charge in [-0.3, -0.25) is 0 Å². The molecule has 1 aliphatic rings. The largest absolute Gasteiger partial charge is 0.331 e. The monoisotopic (exact) mass is 343 g/mol. The normalized spacial score (nSPS) is 17.7. The molecule has 0 radical (unpaired) electrons. The Hall–Kier alpha value is -0.550. The highest BCUT2D eigenvalue weighted by Crippen LogP contribution is 2.28. The summed E-state index contributed by atoms with van der Waals surface area (Å²) in [5.74, 6) is 0.545. The molecule has 0 spiro atoms. The van der Waals surface area contributed by atoms with Gasteiger partial charge in [0.15, 0.2) is 4.77 Å². The molecule has 0 bridgehead atoms. The molecule has 1 unspecified atom stereocenters. The zero-order valence-electron chi connectivity index (χ0n) is 12.0. The minimum atomic E-state index is 0.545. The molecule has 1 saturated heterocycles. The Morgan fingerprint density at radius 1 is 1.19 bits per heavy atom. The van der Waals surface area contributed by atoms with Gasteiger partial charge in [-0.25, -0.2) is 0 Å². The highest BCUT2D eigenvalue weighted by Gasteiger charge is 2.16. The lowest BCUT2D eigenvalue weighted by Gasteiger charge is -2.20. The highest BCUT2D eigenvalue weighted by atomic mass is 35.5. The number of imidazole rings is 1. The van der Waals surface area contributed by atoms with Gasteiger partial charge in [0.2, 0.25) is 0 Å². The second kappa shape index (κ2) is 6.29. The number of likely N-dealkylation sites (tertiary alicyclic amines) is 1. The van der Waals surface area contributed by atoms with E-state index < -0.39 is 0 Å². The van der Waals surface area contributed by atoms with Crippen LogP contribution in [-0.4, -0.2) is 34.1 Å². The van der Waals surface area contributed by atoms with E-state index in [1.54, 1.807) is 0 Å². The Kier molecular flexibility index (Phi) is 4.60. The molecule has 3 nitrogen and oxygen atoms in total. The standard InChI is InChI=1S/C15H19Cl2N3S/c1-10(8-19-4-2-3-5-19)9-20-14-7-12(17)11(16)6-13(14)18-15(20)21/h6-7,10H,2-5,8-9H2,1H3,(H,18,21). The number of rotatable bonds is 4. The van der Waals surface area contributed by atoms with Gasteiger partial charge in [-0.15, -0.1) is 0 Å². The number of nitrogens with zero attached hydrogens (tertiary/aromatic N) is 2. The first-order chi connectivity index (χ1) is 10.0. The van der Waals surface area contributed by atoms with Gasteiger partial charge >= 0.3 is 0 Å². The van der Waals surface area contributed by atoms with E-state index in [-0.39, 0.29) is 0 Å². The molecule has 2 aromatic rings. The van der Waals surface area contributed by atoms with Crippen molar-refractivity contribution < 1.29 is 0 Å². The van der Waals surface area contributed by atoms with Gasteiger partial charge < -0.3 is 14.5 Å². The van der Waals surface area contributed by atoms with E-state index >= 15 is 0 Å². The van der Waals surface area contributed by atoms with Crippen molar-refractivity contribution in [2.75, 3.05) is 19.6 Å². The van der Waals surface area contributed by atoms with Crippen molar-refractivity contribution in [2.24, 2.45) is 5.92 Å². The third-order valence-corrected chi connectivity index (χ3v) is 5.12. The van der Waals surface area contributed by atoms with Crippen molar-refractivity contribution in [3.8, 4) is 0 Å². The molecule has 2 heterocycles. The topological polar surface area (TPSA) is 24.0 Å². The number of halogens is 2. The molecule has 6 heteroatoms. The third kappa shape index (κ3) is 3.29. The smallest absolute Gasteiger partial charge is 0.178 e. The molecule has 21 heavy (non-hydrogen) atoms. The Labute approximate surface area is 139 Å². The van der Waals surface area contributed by atoms with E-state index in [4.69, 9.17) is 35.4 Å². The van der Waals surface area contributed by atoms with Gasteiger partial charge in [-0.05, 0) is 56.2 Å². The summed E-state index contributed by atoms with van der Waals surface area (Å²) in [4.78, 5) is 5.75. The average molecular weight is 344 g/mol. The first kappa shape index (κ1) is 15.3. The van der Waals surface area contributed by atoms with Crippen molar-refractivity contribution >= 4 is 46.5 Å². The molecule has 0 saturated carbocycles. The first-order valence-corrected chi connectivity index (χ1v) is 8.51. The second-order valence-corrected chi connectivity index (χ2v) is 7.14. The van der Waals surface area contributed by atoms with Crippen LogP contribution in [0.3, 0.4) is 0 Å². The van der Waals surface area contributed by atoms with Gasteiger partial charge in [0, 0.05) is 13.1 Å². The summed E-state index contributed by atoms with van der Waals surface area (Å²) in [6.07, 6.45) is 2.65. The maximum Gasteiger partial charge on any atom is 0.178 e. The molecular weight excluding hydrogens is 325 g/mol. The lowest BCUT2D eigenvalue weighted by molar-refractivity contribution is 0.272. The number of aromatic amines is 1. The molecule has 1 aromatic heterocycles. The van der Waals surface area contributed by atoms with E-state index in [1.165, 1.54) is 25.9 Å². The number of H-pyrrole nitrogens is 1. The lowest BCUT2D eigenvalue weighted by Crippen LogP contribution is -2.27. The van der Waals surface area contributed by atoms with Crippen LogP contribution in [0.4, 0.5) is 0 Å². The van der Waals surface area contributed by atoms with Gasteiger partial charge in [0.05, 0.1) is 21.1 Å². The maximum absolute atomic E-state index is 6.14. The third-order valence-electron chi connectivity index (χ3n) is 4.08. The summed E-state index contributed by atoms with van der Waals surface area (Å²) in [7, 11) is 0. The van der Waals surface area contributed by atoms with E-state index in [0.29, 0.717) is 16.0 Å². The zero-order valence-corrected chi connectivity index (χ0v) is 14.4. The van der Waals surface area contributed by atoms with Crippen LogP contribution in [0.25, 0.3) is 11.0 Å². The van der Waals surface area contributed by atoms with Crippen LogP contribution in [0.15, 0.2) is 12.1 Å². The fourth-order valence-electron chi connectivity index (χ4n) is 3.11. The molecule has 1 N–H and O–H groups in total. The summed E-state index contributed by atoms with van der Waals surface area (Å²) in [6.45, 7) is 6.75. The summed E-state index contributed by atoms with van der Waals surface area (Å²) in [6, 6.07) is 3.74. The SMILES string of the molecule is CC(CN1CCCC1)Cn1c(=S)[nH]c2cc(Cl)c(Cl)cc21. The molecule has 1 aromatic carbocycles. The van der Waals surface area contributed by atoms with E-state index in [9.17, 15) is 0 Å². The Morgan fingerprint density at radius 3 is 2.57 bits per heavy atom. The van der Waals surface area contributed by atoms with Crippen LogP contribution in [0.2, 0.25) is 10.0 Å². The van der Waals surface area contributed by atoms with Crippen LogP contribution in [0.5, 0.6) is 0 Å². The Morgan fingerprint density at radius 2 is 1.86 bits per heavy atom. The molecule has 0 aliphatic carbocycles. The summed E-state index contributed by atoms with van der Waals surface area (Å²) >= 11 is 17.7. The molecule has 1 aliphatic heterocycles. The quantitative estimate of drug-likeness (QED) is 0.810. The Balaban J connectivity index is 1.84. The van der Waals surface area contributed by atoms with Gasteiger partial charge in [0.1, 0.15) is 0 Å². The number of hydrogen-bond acceptors (Lipinski definition) is 2. The molecular formula is C15H19Cl2N3S. The first-order valence-electron chi connectivity index (χ1n) is 7.34. The molecule has 1 atom stereocenters.